The first-order valence-electron chi connectivity index (χ1n) is 16.8. The number of esters is 1. The number of allylic oxidation sites excluding steroid dienone is 1. The lowest BCUT2D eigenvalue weighted by Crippen LogP contribution is -2.60. The minimum Gasteiger partial charge on any atom is -0.452 e. The van der Waals surface area contributed by atoms with E-state index in [2.05, 4.69) is 59.6 Å². The lowest BCUT2D eigenvalue weighted by molar-refractivity contribution is -0.163. The van der Waals surface area contributed by atoms with Gasteiger partial charge in [-0.05, 0) is 95.0 Å². The van der Waals surface area contributed by atoms with Gasteiger partial charge in [-0.15, -0.1) is 0 Å². The first-order chi connectivity index (χ1) is 22.2. The molecule has 1 fully saturated rings. The molecule has 3 rings (SSSR count). The van der Waals surface area contributed by atoms with E-state index in [0.29, 0.717) is 38.1 Å². The third kappa shape index (κ3) is 10.9. The Hall–Kier alpha value is -3.83. The molecule has 5 atom stereocenters. The number of benzene rings is 1. The predicted octanol–water partition coefficient (Wildman–Crippen LogP) is 4.16. The van der Waals surface area contributed by atoms with Gasteiger partial charge in [0, 0.05) is 24.2 Å². The number of fused-ring (bicyclic) bond motifs is 1. The Kier molecular flexibility index (Phi) is 13.9. The second-order valence-corrected chi connectivity index (χ2v) is 13.6. The second-order valence-electron chi connectivity index (χ2n) is 13.6. The maximum absolute atomic E-state index is 13.6. The summed E-state index contributed by atoms with van der Waals surface area (Å²) >= 11 is 0. The van der Waals surface area contributed by atoms with Crippen molar-refractivity contribution in [3.05, 3.63) is 47.8 Å². The van der Waals surface area contributed by atoms with Crippen molar-refractivity contribution in [3.8, 4) is 0 Å². The number of nitrogens with two attached hydrogens (primary N) is 1. The van der Waals surface area contributed by atoms with Crippen molar-refractivity contribution >= 4 is 40.5 Å². The van der Waals surface area contributed by atoms with Crippen molar-refractivity contribution in [1.29, 1.82) is 0 Å². The van der Waals surface area contributed by atoms with E-state index in [9.17, 15) is 19.2 Å². The zero-order valence-corrected chi connectivity index (χ0v) is 29.3. The van der Waals surface area contributed by atoms with Crippen LogP contribution >= 0.6 is 0 Å². The van der Waals surface area contributed by atoms with Gasteiger partial charge in [0.25, 0.3) is 11.8 Å². The Balaban J connectivity index is 1.70. The smallest absolute Gasteiger partial charge is 0.310 e. The van der Waals surface area contributed by atoms with E-state index in [1.807, 2.05) is 38.5 Å². The molecular formula is C36H54N6O5. The van der Waals surface area contributed by atoms with Gasteiger partial charge < -0.3 is 20.7 Å². The van der Waals surface area contributed by atoms with Crippen LogP contribution in [0, 0.1) is 11.8 Å². The number of nitrogens with one attached hydrogen (secondary N) is 2. The molecule has 3 amide bonds. The predicted molar refractivity (Wildman–Crippen MR) is 185 cm³/mol. The summed E-state index contributed by atoms with van der Waals surface area (Å²) < 4.78 is 5.88. The van der Waals surface area contributed by atoms with Crippen molar-refractivity contribution in [3.63, 3.8) is 0 Å². The number of rotatable bonds is 15. The third-order valence-corrected chi connectivity index (χ3v) is 8.92. The van der Waals surface area contributed by atoms with E-state index in [1.165, 1.54) is 10.6 Å². The average molecular weight is 651 g/mol. The quantitative estimate of drug-likeness (QED) is 0.244. The van der Waals surface area contributed by atoms with E-state index >= 15 is 0 Å². The molecule has 258 valence electrons. The lowest BCUT2D eigenvalue weighted by Gasteiger charge is -2.34. The molecule has 1 saturated heterocycles. The number of pyridine rings is 1. The first-order valence-corrected chi connectivity index (χ1v) is 16.8. The number of hydrazine groups is 1. The van der Waals surface area contributed by atoms with Crippen molar-refractivity contribution in [2.45, 2.75) is 104 Å². The van der Waals surface area contributed by atoms with Crippen LogP contribution in [0.1, 0.15) is 90.8 Å². The number of aromatic nitrogens is 1. The molecule has 2 heterocycles. The molecule has 1 aromatic heterocycles. The standard InChI is InChI=1S/C36H54N6O5/c1-22(2)27-16-17-28-21-38-30(20-29(28)19-27)12-9-11-26(15-14-24(5)41(7)8)36(46)47-32(23(3)4)34(44)39-25(6)35(45)42-18-10-13-31(40-42)33(37)43/h9,12,16-17,19-26,31-32,40H,10-11,13-15,18H2,1-8H3,(H2,37,43)(H,39,44)/b12-9+/t24?,25-,26-,31-,32-/m0/s1. The zero-order valence-electron chi connectivity index (χ0n) is 29.3. The minimum absolute atomic E-state index is 0.250. The van der Waals surface area contributed by atoms with Crippen LogP contribution in [0.5, 0.6) is 0 Å². The summed E-state index contributed by atoms with van der Waals surface area (Å²) in [5, 5.41) is 6.22. The molecule has 0 aliphatic carbocycles. The first kappa shape index (κ1) is 37.6. The summed E-state index contributed by atoms with van der Waals surface area (Å²) in [5.41, 5.74) is 10.3. The van der Waals surface area contributed by atoms with Crippen LogP contribution in [-0.2, 0) is 23.9 Å². The molecule has 0 radical (unpaired) electrons. The van der Waals surface area contributed by atoms with Gasteiger partial charge >= 0.3 is 5.97 Å². The Morgan fingerprint density at radius 3 is 2.45 bits per heavy atom. The van der Waals surface area contributed by atoms with Crippen molar-refractivity contribution in [2.75, 3.05) is 20.6 Å². The summed E-state index contributed by atoms with van der Waals surface area (Å²) in [4.78, 5) is 58.4. The Morgan fingerprint density at radius 2 is 1.81 bits per heavy atom. The van der Waals surface area contributed by atoms with Gasteiger partial charge in [-0.3, -0.25) is 29.2 Å². The molecule has 11 heteroatoms. The second kappa shape index (κ2) is 17.4. The number of carbonyl (C=O) groups excluding carboxylic acids is 4. The van der Waals surface area contributed by atoms with Crippen LogP contribution in [0.2, 0.25) is 0 Å². The van der Waals surface area contributed by atoms with Crippen molar-refractivity contribution in [1.82, 2.24) is 25.6 Å². The van der Waals surface area contributed by atoms with Crippen LogP contribution < -0.4 is 16.5 Å². The number of amides is 3. The molecule has 4 N–H and O–H groups in total. The molecule has 0 spiro atoms. The van der Waals surface area contributed by atoms with Crippen LogP contribution in [0.15, 0.2) is 36.5 Å². The highest BCUT2D eigenvalue weighted by Gasteiger charge is 2.34. The van der Waals surface area contributed by atoms with Gasteiger partial charge in [-0.25, -0.2) is 5.43 Å². The minimum atomic E-state index is -1.08. The fourth-order valence-electron chi connectivity index (χ4n) is 5.47. The maximum Gasteiger partial charge on any atom is 0.310 e. The number of primary amides is 1. The normalized spacial score (nSPS) is 18.0. The highest BCUT2D eigenvalue weighted by atomic mass is 16.5. The van der Waals surface area contributed by atoms with Gasteiger partial charge in [0.2, 0.25) is 5.91 Å². The number of ether oxygens (including phenoxy) is 1. The monoisotopic (exact) mass is 650 g/mol. The summed E-state index contributed by atoms with van der Waals surface area (Å²) in [6.45, 7) is 12.0. The molecule has 1 aliphatic rings. The Bertz CT molecular complexity index is 1420. The average Bonchev–Trinajstić information content (AvgIpc) is 3.03. The summed E-state index contributed by atoms with van der Waals surface area (Å²) in [6, 6.07) is 7.15. The van der Waals surface area contributed by atoms with Crippen LogP contribution in [0.4, 0.5) is 0 Å². The van der Waals surface area contributed by atoms with Crippen LogP contribution in [0.3, 0.4) is 0 Å². The highest BCUT2D eigenvalue weighted by molar-refractivity contribution is 5.91. The van der Waals surface area contributed by atoms with Crippen LogP contribution in [0.25, 0.3) is 16.8 Å². The van der Waals surface area contributed by atoms with E-state index in [4.69, 9.17) is 10.5 Å². The molecule has 1 unspecified atom stereocenters. The highest BCUT2D eigenvalue weighted by Crippen LogP contribution is 2.23. The van der Waals surface area contributed by atoms with Gasteiger partial charge in [-0.1, -0.05) is 52.0 Å². The van der Waals surface area contributed by atoms with Crippen molar-refractivity contribution < 1.29 is 23.9 Å². The van der Waals surface area contributed by atoms with Crippen molar-refractivity contribution in [2.24, 2.45) is 17.6 Å². The molecule has 1 aliphatic heterocycles. The van der Waals surface area contributed by atoms with E-state index in [0.717, 1.165) is 22.9 Å². The summed E-state index contributed by atoms with van der Waals surface area (Å²) in [6.07, 6.45) is 7.56. The topological polar surface area (TPSA) is 147 Å². The Morgan fingerprint density at radius 1 is 1.09 bits per heavy atom. The summed E-state index contributed by atoms with van der Waals surface area (Å²) in [5.74, 6) is -2.32. The molecule has 0 bridgehead atoms. The Labute approximate surface area is 279 Å². The van der Waals surface area contributed by atoms with Crippen LogP contribution in [-0.4, -0.2) is 83.5 Å². The molecule has 2 aromatic rings. The SMILES string of the molecule is CC(C)c1ccc2cnc(/C=C/C[C@@H](CCC(C)N(C)C)C(=O)O[C@H](C(=O)N[C@@H](C)C(=O)N3CCC[C@@H](C(N)=O)N3)C(C)C)cc2c1. The van der Waals surface area contributed by atoms with E-state index < -0.39 is 47.8 Å². The van der Waals surface area contributed by atoms with Gasteiger partial charge in [0.15, 0.2) is 6.10 Å². The molecule has 0 saturated carbocycles. The van der Waals surface area contributed by atoms with E-state index in [-0.39, 0.29) is 12.0 Å². The van der Waals surface area contributed by atoms with Gasteiger partial charge in [0.1, 0.15) is 12.1 Å². The number of nitrogens with zero attached hydrogens (tertiary/aromatic N) is 3. The van der Waals surface area contributed by atoms with Gasteiger partial charge in [0.05, 0.1) is 11.6 Å². The zero-order chi connectivity index (χ0) is 34.8. The number of carbonyl (C=O) groups is 4. The van der Waals surface area contributed by atoms with E-state index in [1.54, 1.807) is 20.8 Å². The molecular weight excluding hydrogens is 596 g/mol. The lowest BCUT2D eigenvalue weighted by atomic mass is 9.95. The molecule has 47 heavy (non-hydrogen) atoms. The number of hydrogen-bond donors (Lipinski definition) is 3. The third-order valence-electron chi connectivity index (χ3n) is 8.92. The van der Waals surface area contributed by atoms with Gasteiger partial charge in [-0.2, -0.15) is 0 Å². The largest absolute Gasteiger partial charge is 0.452 e. The fraction of sp³-hybridized carbons (Fsp3) is 0.583. The summed E-state index contributed by atoms with van der Waals surface area (Å²) in [7, 11) is 4.01. The molecule has 1 aromatic carbocycles. The number of hydrogen-bond acceptors (Lipinski definition) is 8. The maximum atomic E-state index is 13.6. The molecule has 11 nitrogen and oxygen atoms in total. The fourth-order valence-corrected chi connectivity index (χ4v) is 5.47.